The van der Waals surface area contributed by atoms with Gasteiger partial charge < -0.3 is 16.4 Å². The second-order valence-corrected chi connectivity index (χ2v) is 4.97. The van der Waals surface area contributed by atoms with Crippen molar-refractivity contribution in [1.29, 1.82) is 0 Å². The Labute approximate surface area is 124 Å². The van der Waals surface area contributed by atoms with E-state index < -0.39 is 0 Å². The van der Waals surface area contributed by atoms with Crippen molar-refractivity contribution in [1.82, 2.24) is 9.97 Å². The lowest BCUT2D eigenvalue weighted by molar-refractivity contribution is 1.05. The average molecular weight is 294 g/mol. The second kappa shape index (κ2) is 6.96. The summed E-state index contributed by atoms with van der Waals surface area (Å²) in [6.07, 6.45) is 0. The molecule has 6 heteroatoms. The van der Waals surface area contributed by atoms with Crippen LogP contribution in [0, 0.1) is 13.8 Å². The fraction of sp³-hybridized carbons (Fsp3) is 0.286. The van der Waals surface area contributed by atoms with Crippen molar-refractivity contribution in [2.24, 2.45) is 0 Å². The van der Waals surface area contributed by atoms with E-state index in [0.29, 0.717) is 16.8 Å². The number of nitrogen functional groups attached to an aromatic ring is 2. The molecule has 0 amide bonds. The number of aryl methyl sites for hydroxylation is 2. The summed E-state index contributed by atoms with van der Waals surface area (Å²) in [6, 6.07) is 7.34. The summed E-state index contributed by atoms with van der Waals surface area (Å²) in [4.78, 5) is 9.94. The average Bonchev–Trinajstić information content (AvgIpc) is 2.38. The number of hydrogen-bond donors (Lipinski definition) is 2. The molecule has 0 spiro atoms. The Hall–Kier alpha value is -2.01. The molecule has 0 bridgehead atoms. The van der Waals surface area contributed by atoms with Crippen LogP contribution in [0.2, 0.25) is 5.15 Å². The van der Waals surface area contributed by atoms with Gasteiger partial charge in [-0.3, -0.25) is 0 Å². The molecule has 0 radical (unpaired) electrons. The lowest BCUT2D eigenvalue weighted by Gasteiger charge is -2.13. The molecule has 20 heavy (non-hydrogen) atoms. The van der Waals surface area contributed by atoms with E-state index in [1.165, 1.54) is 0 Å². The highest BCUT2D eigenvalue weighted by Crippen LogP contribution is 2.15. The van der Waals surface area contributed by atoms with E-state index in [1.54, 1.807) is 6.07 Å². The monoisotopic (exact) mass is 293 g/mol. The summed E-state index contributed by atoms with van der Waals surface area (Å²) in [6.45, 7) is 3.90. The summed E-state index contributed by atoms with van der Waals surface area (Å²) in [5, 5.41) is 0.481. The first-order valence-corrected chi connectivity index (χ1v) is 6.48. The summed E-state index contributed by atoms with van der Waals surface area (Å²) in [5.41, 5.74) is 13.0. The third kappa shape index (κ3) is 4.59. The zero-order valence-corrected chi connectivity index (χ0v) is 12.9. The highest BCUT2D eigenvalue weighted by Gasteiger charge is 2.01. The van der Waals surface area contributed by atoms with Gasteiger partial charge >= 0.3 is 0 Å². The molecule has 4 N–H and O–H groups in total. The molecule has 2 rings (SSSR count). The lowest BCUT2D eigenvalue weighted by Crippen LogP contribution is -2.12. The van der Waals surface area contributed by atoms with E-state index in [4.69, 9.17) is 23.1 Å². The van der Waals surface area contributed by atoms with Gasteiger partial charge in [0.15, 0.2) is 0 Å². The predicted octanol–water partition coefficient (Wildman–Crippen LogP) is 2.66. The van der Waals surface area contributed by atoms with Gasteiger partial charge in [0.1, 0.15) is 22.6 Å². The summed E-state index contributed by atoms with van der Waals surface area (Å²) in [5.74, 6) is 1.97. The number of rotatable bonds is 1. The molecular weight excluding hydrogens is 274 g/mol. The van der Waals surface area contributed by atoms with Crippen molar-refractivity contribution in [3.63, 3.8) is 0 Å². The Morgan fingerprint density at radius 2 is 1.40 bits per heavy atom. The van der Waals surface area contributed by atoms with Crippen LogP contribution in [-0.4, -0.2) is 24.1 Å². The van der Waals surface area contributed by atoms with Crippen molar-refractivity contribution < 1.29 is 0 Å². The van der Waals surface area contributed by atoms with E-state index in [2.05, 4.69) is 9.97 Å². The van der Waals surface area contributed by atoms with Crippen LogP contribution in [0.25, 0.3) is 0 Å². The van der Waals surface area contributed by atoms with Gasteiger partial charge in [0.25, 0.3) is 0 Å². The zero-order chi connectivity index (χ0) is 15.3. The molecule has 0 aromatic carbocycles. The minimum absolute atomic E-state index is 0.464. The Morgan fingerprint density at radius 3 is 1.80 bits per heavy atom. The van der Waals surface area contributed by atoms with Gasteiger partial charge in [-0.05, 0) is 37.1 Å². The van der Waals surface area contributed by atoms with Crippen molar-refractivity contribution >= 4 is 29.1 Å². The first-order chi connectivity index (χ1) is 9.31. The summed E-state index contributed by atoms with van der Waals surface area (Å²) in [7, 11) is 3.91. The molecule has 0 saturated heterocycles. The van der Waals surface area contributed by atoms with Crippen LogP contribution in [0.4, 0.5) is 17.5 Å². The van der Waals surface area contributed by atoms with E-state index >= 15 is 0 Å². The third-order valence-corrected chi connectivity index (χ3v) is 2.95. The fourth-order valence-electron chi connectivity index (χ4n) is 1.50. The molecule has 0 aliphatic carbocycles. The maximum Gasteiger partial charge on any atom is 0.134 e. The van der Waals surface area contributed by atoms with Crippen molar-refractivity contribution in [2.75, 3.05) is 30.5 Å². The molecule has 5 nitrogen and oxygen atoms in total. The van der Waals surface area contributed by atoms with Gasteiger partial charge in [-0.1, -0.05) is 23.7 Å². The zero-order valence-electron chi connectivity index (χ0n) is 12.2. The van der Waals surface area contributed by atoms with Crippen LogP contribution in [0.15, 0.2) is 24.3 Å². The number of aromatic nitrogens is 2. The van der Waals surface area contributed by atoms with Gasteiger partial charge in [0.05, 0.1) is 0 Å². The molecule has 0 atom stereocenters. The van der Waals surface area contributed by atoms with Gasteiger partial charge in [-0.15, -0.1) is 0 Å². The number of anilines is 3. The molecule has 0 unspecified atom stereocenters. The molecule has 0 fully saturated rings. The minimum atomic E-state index is 0.464. The molecule has 2 heterocycles. The smallest absolute Gasteiger partial charge is 0.134 e. The topological polar surface area (TPSA) is 81.1 Å². The standard InChI is InChI=1S/C8H13N3.C6H7ClN2/c1-6-4-5-7(9)10-8(6)11(2)3;1-4-2-3-5(8)9-6(4)7/h4-5H,1-3H3,(H2,9,10);2-3H,1H3,(H2,8,9). The van der Waals surface area contributed by atoms with Gasteiger partial charge in [-0.2, -0.15) is 0 Å². The Bertz CT molecular complexity index is 584. The van der Waals surface area contributed by atoms with Crippen LogP contribution >= 0.6 is 11.6 Å². The molecule has 0 aliphatic rings. The van der Waals surface area contributed by atoms with Crippen LogP contribution in [-0.2, 0) is 0 Å². The number of nitrogens with two attached hydrogens (primary N) is 2. The molecule has 0 saturated carbocycles. The quantitative estimate of drug-likeness (QED) is 0.790. The van der Waals surface area contributed by atoms with Crippen molar-refractivity contribution in [3.8, 4) is 0 Å². The first-order valence-electron chi connectivity index (χ1n) is 6.10. The minimum Gasteiger partial charge on any atom is -0.384 e. The molecule has 108 valence electrons. The molecular formula is C14H20ClN5. The number of halogens is 1. The molecule has 2 aromatic heterocycles. The Balaban J connectivity index is 0.000000204. The van der Waals surface area contributed by atoms with Crippen LogP contribution in [0.3, 0.4) is 0 Å². The largest absolute Gasteiger partial charge is 0.384 e. The number of nitrogens with zero attached hydrogens (tertiary/aromatic N) is 3. The highest BCUT2D eigenvalue weighted by atomic mass is 35.5. The van der Waals surface area contributed by atoms with Crippen LogP contribution in [0.5, 0.6) is 0 Å². The third-order valence-electron chi connectivity index (χ3n) is 2.57. The SMILES string of the molecule is Cc1ccc(N)nc1Cl.Cc1ccc(N)nc1N(C)C. The summed E-state index contributed by atoms with van der Waals surface area (Å²) >= 11 is 5.62. The van der Waals surface area contributed by atoms with Gasteiger partial charge in [0, 0.05) is 14.1 Å². The van der Waals surface area contributed by atoms with E-state index in [1.807, 2.05) is 51.0 Å². The Morgan fingerprint density at radius 1 is 0.900 bits per heavy atom. The molecule has 0 aliphatic heterocycles. The van der Waals surface area contributed by atoms with Crippen LogP contribution < -0.4 is 16.4 Å². The van der Waals surface area contributed by atoms with E-state index in [0.717, 1.165) is 16.9 Å². The summed E-state index contributed by atoms with van der Waals surface area (Å²) < 4.78 is 0. The van der Waals surface area contributed by atoms with E-state index in [-0.39, 0.29) is 0 Å². The van der Waals surface area contributed by atoms with Gasteiger partial charge in [-0.25, -0.2) is 9.97 Å². The lowest BCUT2D eigenvalue weighted by atomic mass is 10.3. The van der Waals surface area contributed by atoms with E-state index in [9.17, 15) is 0 Å². The molecule has 2 aromatic rings. The Kier molecular flexibility index (Phi) is 5.58. The number of pyridine rings is 2. The van der Waals surface area contributed by atoms with Crippen molar-refractivity contribution in [2.45, 2.75) is 13.8 Å². The first kappa shape index (κ1) is 16.0. The van der Waals surface area contributed by atoms with Crippen LogP contribution in [0.1, 0.15) is 11.1 Å². The normalized spacial score (nSPS) is 9.65. The number of hydrogen-bond acceptors (Lipinski definition) is 5. The highest BCUT2D eigenvalue weighted by molar-refractivity contribution is 6.30. The van der Waals surface area contributed by atoms with Crippen molar-refractivity contribution in [3.05, 3.63) is 40.5 Å². The fourth-order valence-corrected chi connectivity index (χ4v) is 1.66. The predicted molar refractivity (Wildman–Crippen MR) is 86.1 cm³/mol. The maximum absolute atomic E-state index is 5.62. The van der Waals surface area contributed by atoms with Gasteiger partial charge in [0.2, 0.25) is 0 Å². The second-order valence-electron chi connectivity index (χ2n) is 4.61. The maximum atomic E-state index is 5.62.